The van der Waals surface area contributed by atoms with Crippen LogP contribution in [0.5, 0.6) is 0 Å². The topological polar surface area (TPSA) is 106 Å². The van der Waals surface area contributed by atoms with Crippen LogP contribution in [0.4, 0.5) is 10.1 Å². The molecule has 29 heavy (non-hydrogen) atoms. The predicted molar refractivity (Wildman–Crippen MR) is 108 cm³/mol. The Morgan fingerprint density at radius 1 is 0.862 bits per heavy atom. The van der Waals surface area contributed by atoms with E-state index in [1.807, 2.05) is 6.07 Å². The minimum absolute atomic E-state index is 0.0109. The van der Waals surface area contributed by atoms with E-state index in [1.54, 1.807) is 24.3 Å². The van der Waals surface area contributed by atoms with E-state index in [4.69, 9.17) is 5.14 Å². The summed E-state index contributed by atoms with van der Waals surface area (Å²) in [5.74, 6) is -0.349. The molecule has 1 heterocycles. The Morgan fingerprint density at radius 2 is 1.48 bits per heavy atom. The van der Waals surface area contributed by atoms with Gasteiger partial charge < -0.3 is 5.32 Å². The van der Waals surface area contributed by atoms with E-state index >= 15 is 0 Å². The number of nitrogens with two attached hydrogens (primary N) is 1. The number of hydrogen-bond acceptors (Lipinski definition) is 5. The molecule has 0 spiro atoms. The van der Waals surface area contributed by atoms with Gasteiger partial charge in [0, 0.05) is 17.8 Å². The fraction of sp³-hybridized carbons (Fsp3) is 0.100. The number of nitrogens with one attached hydrogen (secondary N) is 1. The summed E-state index contributed by atoms with van der Waals surface area (Å²) in [7, 11) is -7.68. The zero-order valence-corrected chi connectivity index (χ0v) is 16.7. The molecule has 3 N–H and O–H groups in total. The van der Waals surface area contributed by atoms with Crippen molar-refractivity contribution >= 4 is 25.5 Å². The first kappa shape index (κ1) is 19.6. The molecule has 0 amide bonds. The van der Waals surface area contributed by atoms with Crippen molar-refractivity contribution in [2.75, 3.05) is 11.9 Å². The van der Waals surface area contributed by atoms with Gasteiger partial charge in [-0.3, -0.25) is 0 Å². The third-order valence-corrected chi connectivity index (χ3v) is 7.95. The highest BCUT2D eigenvalue weighted by Crippen LogP contribution is 2.43. The van der Waals surface area contributed by atoms with Gasteiger partial charge in [0.05, 0.1) is 9.79 Å². The number of sulfonamides is 1. The highest BCUT2D eigenvalue weighted by Gasteiger charge is 2.36. The number of benzene rings is 3. The number of primary sulfonamides is 1. The molecule has 3 aromatic carbocycles. The molecule has 4 rings (SSSR count). The second kappa shape index (κ2) is 6.94. The van der Waals surface area contributed by atoms with Gasteiger partial charge in [0.2, 0.25) is 10.0 Å². The summed E-state index contributed by atoms with van der Waals surface area (Å²) in [4.78, 5) is -0.142. The van der Waals surface area contributed by atoms with Crippen LogP contribution in [0.25, 0.3) is 11.1 Å². The summed E-state index contributed by atoms with van der Waals surface area (Å²) in [6.07, 6.45) is 0. The second-order valence-corrected chi connectivity index (χ2v) is 10.4. The first-order valence-corrected chi connectivity index (χ1v) is 11.8. The van der Waals surface area contributed by atoms with Crippen molar-refractivity contribution < 1.29 is 21.2 Å². The molecule has 1 unspecified atom stereocenters. The predicted octanol–water partition coefficient (Wildman–Crippen LogP) is 3.08. The van der Waals surface area contributed by atoms with Crippen molar-refractivity contribution in [1.29, 1.82) is 0 Å². The van der Waals surface area contributed by atoms with E-state index in [2.05, 4.69) is 5.32 Å². The number of anilines is 1. The van der Waals surface area contributed by atoms with Crippen molar-refractivity contribution in [3.63, 3.8) is 0 Å². The summed E-state index contributed by atoms with van der Waals surface area (Å²) in [5, 5.41) is 7.39. The number of hydrogen-bond donors (Lipinski definition) is 2. The molecule has 0 saturated carbocycles. The molecule has 0 aliphatic carbocycles. The largest absolute Gasteiger partial charge is 0.383 e. The second-order valence-electron chi connectivity index (χ2n) is 6.71. The van der Waals surface area contributed by atoms with Crippen LogP contribution in [-0.4, -0.2) is 23.4 Å². The molecule has 0 bridgehead atoms. The van der Waals surface area contributed by atoms with Gasteiger partial charge in [-0.1, -0.05) is 30.3 Å². The van der Waals surface area contributed by atoms with Crippen molar-refractivity contribution in [2.45, 2.75) is 15.0 Å². The lowest BCUT2D eigenvalue weighted by atomic mass is 10.0. The minimum atomic E-state index is -3.91. The summed E-state index contributed by atoms with van der Waals surface area (Å²) in [6.45, 7) is 0.173. The number of halogens is 1. The molecule has 6 nitrogen and oxygen atoms in total. The van der Waals surface area contributed by atoms with E-state index in [0.717, 1.165) is 11.1 Å². The maximum atomic E-state index is 13.2. The quantitative estimate of drug-likeness (QED) is 0.659. The lowest BCUT2D eigenvalue weighted by molar-refractivity contribution is 0.585. The summed E-state index contributed by atoms with van der Waals surface area (Å²) < 4.78 is 62.4. The standard InChI is InChI=1S/C20H17FN2O4S2/c21-14-6-4-13(5-7-14)17-2-1-3-18-19(12-23-20(17)18)28(24,25)15-8-10-16(11-9-15)29(22,26)27/h1-11,19,23H,12H2,(H2,22,26,27). The molecule has 9 heteroatoms. The van der Waals surface area contributed by atoms with Gasteiger partial charge in [-0.25, -0.2) is 26.4 Å². The first-order chi connectivity index (χ1) is 13.7. The van der Waals surface area contributed by atoms with Gasteiger partial charge in [0.15, 0.2) is 9.84 Å². The Labute approximate surface area is 168 Å². The molecule has 1 aliphatic heterocycles. The van der Waals surface area contributed by atoms with E-state index < -0.39 is 25.1 Å². The molecule has 0 aromatic heterocycles. The Bertz CT molecular complexity index is 1290. The zero-order chi connectivity index (χ0) is 20.8. The van der Waals surface area contributed by atoms with Crippen molar-refractivity contribution in [3.8, 4) is 11.1 Å². The highest BCUT2D eigenvalue weighted by molar-refractivity contribution is 7.91. The third-order valence-electron chi connectivity index (χ3n) is 4.92. The Hall–Kier alpha value is -2.75. The lowest BCUT2D eigenvalue weighted by Gasteiger charge is -2.13. The summed E-state index contributed by atoms with van der Waals surface area (Å²) in [5.41, 5.74) is 2.85. The molecule has 1 atom stereocenters. The van der Waals surface area contributed by atoms with Crippen LogP contribution in [-0.2, 0) is 19.9 Å². The smallest absolute Gasteiger partial charge is 0.238 e. The molecule has 0 saturated heterocycles. The van der Waals surface area contributed by atoms with Crippen molar-refractivity contribution in [3.05, 3.63) is 78.1 Å². The van der Waals surface area contributed by atoms with Crippen LogP contribution < -0.4 is 10.5 Å². The van der Waals surface area contributed by atoms with Gasteiger partial charge in [0.1, 0.15) is 11.1 Å². The zero-order valence-electron chi connectivity index (χ0n) is 15.0. The summed E-state index contributed by atoms with van der Waals surface area (Å²) in [6, 6.07) is 16.2. The Balaban J connectivity index is 1.74. The SMILES string of the molecule is NS(=O)(=O)c1ccc(S(=O)(=O)C2CNc3c(-c4ccc(F)cc4)cccc32)cc1. The molecular formula is C20H17FN2O4S2. The maximum Gasteiger partial charge on any atom is 0.238 e. The number of para-hydroxylation sites is 1. The maximum absolute atomic E-state index is 13.2. The van der Waals surface area contributed by atoms with Crippen LogP contribution in [0, 0.1) is 5.82 Å². The van der Waals surface area contributed by atoms with Gasteiger partial charge in [-0.2, -0.15) is 0 Å². The van der Waals surface area contributed by atoms with E-state index in [9.17, 15) is 21.2 Å². The van der Waals surface area contributed by atoms with Crippen LogP contribution in [0.3, 0.4) is 0 Å². The molecule has 150 valence electrons. The monoisotopic (exact) mass is 432 g/mol. The average Bonchev–Trinajstić information content (AvgIpc) is 3.13. The fourth-order valence-corrected chi connectivity index (χ4v) is 5.66. The molecular weight excluding hydrogens is 415 g/mol. The van der Waals surface area contributed by atoms with E-state index in [0.29, 0.717) is 11.3 Å². The lowest BCUT2D eigenvalue weighted by Crippen LogP contribution is -2.16. The van der Waals surface area contributed by atoms with E-state index in [-0.39, 0.29) is 22.2 Å². The van der Waals surface area contributed by atoms with Crippen molar-refractivity contribution in [1.82, 2.24) is 0 Å². The first-order valence-electron chi connectivity index (χ1n) is 8.67. The van der Waals surface area contributed by atoms with Gasteiger partial charge in [-0.15, -0.1) is 0 Å². The van der Waals surface area contributed by atoms with Crippen LogP contribution in [0.2, 0.25) is 0 Å². The molecule has 0 fully saturated rings. The van der Waals surface area contributed by atoms with Crippen LogP contribution in [0.15, 0.2) is 76.5 Å². The third kappa shape index (κ3) is 3.52. The molecule has 3 aromatic rings. The molecule has 1 aliphatic rings. The summed E-state index contributed by atoms with van der Waals surface area (Å²) >= 11 is 0. The Morgan fingerprint density at radius 3 is 2.10 bits per heavy atom. The highest BCUT2D eigenvalue weighted by atomic mass is 32.2. The van der Waals surface area contributed by atoms with Gasteiger partial charge in [-0.05, 0) is 47.5 Å². The minimum Gasteiger partial charge on any atom is -0.383 e. The molecule has 0 radical (unpaired) electrons. The Kier molecular flexibility index (Phi) is 4.68. The number of fused-ring (bicyclic) bond motifs is 1. The van der Waals surface area contributed by atoms with Crippen LogP contribution >= 0.6 is 0 Å². The fourth-order valence-electron chi connectivity index (χ4n) is 3.47. The van der Waals surface area contributed by atoms with Crippen LogP contribution in [0.1, 0.15) is 10.8 Å². The van der Waals surface area contributed by atoms with E-state index in [1.165, 1.54) is 36.4 Å². The van der Waals surface area contributed by atoms with Gasteiger partial charge >= 0.3 is 0 Å². The number of rotatable bonds is 4. The average molecular weight is 432 g/mol. The number of sulfone groups is 1. The van der Waals surface area contributed by atoms with Crippen molar-refractivity contribution in [2.24, 2.45) is 5.14 Å². The normalized spacial score (nSPS) is 16.3. The van der Waals surface area contributed by atoms with Gasteiger partial charge in [0.25, 0.3) is 0 Å².